The molecule has 3 aromatic rings. The number of hydrogen-bond acceptors (Lipinski definition) is 4. The van der Waals surface area contributed by atoms with Gasteiger partial charge < -0.3 is 14.6 Å². The number of nitrogen functional groups attached to an aromatic ring is 1. The molecule has 17 heavy (non-hydrogen) atoms. The maximum absolute atomic E-state index is 5.69. The van der Waals surface area contributed by atoms with Gasteiger partial charge in [0.05, 0.1) is 6.26 Å². The van der Waals surface area contributed by atoms with Gasteiger partial charge in [0, 0.05) is 18.5 Å². The molecule has 4 nitrogen and oxygen atoms in total. The van der Waals surface area contributed by atoms with Gasteiger partial charge >= 0.3 is 0 Å². The fourth-order valence-electron chi connectivity index (χ4n) is 1.78. The average Bonchev–Trinajstić information content (AvgIpc) is 2.94. The van der Waals surface area contributed by atoms with Crippen molar-refractivity contribution in [3.8, 4) is 0 Å². The van der Waals surface area contributed by atoms with Gasteiger partial charge in [0.15, 0.2) is 11.5 Å². The van der Waals surface area contributed by atoms with Crippen molar-refractivity contribution in [1.82, 2.24) is 4.98 Å². The first-order valence-electron chi connectivity index (χ1n) is 5.48. The number of anilines is 1. The van der Waals surface area contributed by atoms with E-state index in [2.05, 4.69) is 4.98 Å². The molecule has 0 atom stereocenters. The molecule has 1 aromatic carbocycles. The summed E-state index contributed by atoms with van der Waals surface area (Å²) in [6.07, 6.45) is 3.18. The summed E-state index contributed by atoms with van der Waals surface area (Å²) in [6, 6.07) is 9.29. The van der Waals surface area contributed by atoms with Crippen molar-refractivity contribution in [3.05, 3.63) is 48.2 Å². The van der Waals surface area contributed by atoms with E-state index in [4.69, 9.17) is 14.6 Å². The number of fused-ring (bicyclic) bond motifs is 1. The van der Waals surface area contributed by atoms with Crippen molar-refractivity contribution in [2.24, 2.45) is 0 Å². The Kier molecular flexibility index (Phi) is 2.33. The van der Waals surface area contributed by atoms with Crippen molar-refractivity contribution >= 4 is 16.8 Å². The first kappa shape index (κ1) is 9.96. The van der Waals surface area contributed by atoms with Crippen LogP contribution in [0.15, 0.2) is 45.4 Å². The summed E-state index contributed by atoms with van der Waals surface area (Å²) in [5.74, 6) is 1.65. The molecule has 0 aliphatic rings. The van der Waals surface area contributed by atoms with Crippen molar-refractivity contribution in [3.63, 3.8) is 0 Å². The summed E-state index contributed by atoms with van der Waals surface area (Å²) in [5, 5.41) is 0. The third-order valence-electron chi connectivity index (χ3n) is 2.62. The van der Waals surface area contributed by atoms with Crippen LogP contribution in [-0.2, 0) is 12.8 Å². The normalized spacial score (nSPS) is 11.1. The molecule has 2 N–H and O–H groups in total. The fourth-order valence-corrected chi connectivity index (χ4v) is 1.78. The van der Waals surface area contributed by atoms with Crippen LogP contribution < -0.4 is 5.73 Å². The van der Waals surface area contributed by atoms with E-state index in [1.165, 1.54) is 0 Å². The van der Waals surface area contributed by atoms with Gasteiger partial charge in [-0.2, -0.15) is 0 Å². The molecule has 0 radical (unpaired) electrons. The second-order valence-corrected chi connectivity index (χ2v) is 3.91. The number of aromatic nitrogens is 1. The summed E-state index contributed by atoms with van der Waals surface area (Å²) in [5.41, 5.74) is 7.96. The number of furan rings is 1. The van der Waals surface area contributed by atoms with Crippen molar-refractivity contribution < 1.29 is 8.83 Å². The predicted octanol–water partition coefficient (Wildman–Crippen LogP) is 2.79. The van der Waals surface area contributed by atoms with Crippen molar-refractivity contribution in [2.75, 3.05) is 5.73 Å². The molecule has 86 valence electrons. The molecule has 3 rings (SSSR count). The molecule has 0 unspecified atom stereocenters. The topological polar surface area (TPSA) is 65.2 Å². The Balaban J connectivity index is 1.81. The molecule has 0 saturated carbocycles. The zero-order chi connectivity index (χ0) is 11.7. The van der Waals surface area contributed by atoms with Gasteiger partial charge in [0.2, 0.25) is 0 Å². The van der Waals surface area contributed by atoms with Crippen LogP contribution in [0.1, 0.15) is 11.7 Å². The number of rotatable bonds is 3. The molecular formula is C13H12N2O2. The largest absolute Gasteiger partial charge is 0.469 e. The highest BCUT2D eigenvalue weighted by atomic mass is 16.3. The SMILES string of the molecule is Nc1ccc2oc(CCc3ccco3)nc2c1. The molecule has 0 fully saturated rings. The monoisotopic (exact) mass is 228 g/mol. The fraction of sp³-hybridized carbons (Fsp3) is 0.154. The van der Waals surface area contributed by atoms with Crippen LogP contribution in [0.3, 0.4) is 0 Å². The molecule has 0 amide bonds. The maximum Gasteiger partial charge on any atom is 0.195 e. The highest BCUT2D eigenvalue weighted by Crippen LogP contribution is 2.19. The van der Waals surface area contributed by atoms with Gasteiger partial charge in [-0.05, 0) is 30.3 Å². The Bertz CT molecular complexity index is 626. The first-order valence-corrected chi connectivity index (χ1v) is 5.48. The van der Waals surface area contributed by atoms with E-state index in [9.17, 15) is 0 Å². The lowest BCUT2D eigenvalue weighted by atomic mass is 10.2. The lowest BCUT2D eigenvalue weighted by molar-refractivity contribution is 0.480. The third-order valence-corrected chi connectivity index (χ3v) is 2.62. The van der Waals surface area contributed by atoms with E-state index in [0.29, 0.717) is 11.6 Å². The van der Waals surface area contributed by atoms with E-state index in [1.807, 2.05) is 30.3 Å². The molecule has 0 spiro atoms. The van der Waals surface area contributed by atoms with Gasteiger partial charge in [-0.15, -0.1) is 0 Å². The third kappa shape index (κ3) is 2.01. The minimum Gasteiger partial charge on any atom is -0.469 e. The van der Waals surface area contributed by atoms with Gasteiger partial charge in [-0.25, -0.2) is 4.98 Å². The predicted molar refractivity (Wildman–Crippen MR) is 64.5 cm³/mol. The van der Waals surface area contributed by atoms with E-state index in [0.717, 1.165) is 29.7 Å². The second kappa shape index (κ2) is 3.97. The molecule has 0 saturated heterocycles. The molecule has 2 aromatic heterocycles. The highest BCUT2D eigenvalue weighted by molar-refractivity contribution is 5.76. The summed E-state index contributed by atoms with van der Waals surface area (Å²) in [6.45, 7) is 0. The van der Waals surface area contributed by atoms with E-state index < -0.39 is 0 Å². The molecule has 4 heteroatoms. The summed E-state index contributed by atoms with van der Waals surface area (Å²) < 4.78 is 10.9. The van der Waals surface area contributed by atoms with Crippen LogP contribution in [0, 0.1) is 0 Å². The minimum absolute atomic E-state index is 0.698. The number of nitrogens with two attached hydrogens (primary N) is 1. The van der Waals surface area contributed by atoms with Crippen LogP contribution in [0.5, 0.6) is 0 Å². The lowest BCUT2D eigenvalue weighted by Crippen LogP contribution is -1.89. The quantitative estimate of drug-likeness (QED) is 0.700. The standard InChI is InChI=1S/C13H12N2O2/c14-9-3-5-12-11(8-9)15-13(17-12)6-4-10-2-1-7-16-10/h1-3,5,7-8H,4,6,14H2. The van der Waals surface area contributed by atoms with E-state index in [1.54, 1.807) is 6.26 Å². The zero-order valence-electron chi connectivity index (χ0n) is 9.22. The summed E-state index contributed by atoms with van der Waals surface area (Å²) in [4.78, 5) is 4.38. The second-order valence-electron chi connectivity index (χ2n) is 3.91. The Morgan fingerprint density at radius 2 is 2.12 bits per heavy atom. The van der Waals surface area contributed by atoms with Gasteiger partial charge in [0.25, 0.3) is 0 Å². The molecule has 0 aliphatic heterocycles. The Morgan fingerprint density at radius 3 is 2.94 bits per heavy atom. The van der Waals surface area contributed by atoms with E-state index in [-0.39, 0.29) is 0 Å². The lowest BCUT2D eigenvalue weighted by Gasteiger charge is -1.91. The van der Waals surface area contributed by atoms with Crippen LogP contribution in [0.4, 0.5) is 5.69 Å². The zero-order valence-corrected chi connectivity index (χ0v) is 9.22. The van der Waals surface area contributed by atoms with E-state index >= 15 is 0 Å². The van der Waals surface area contributed by atoms with Gasteiger partial charge in [-0.1, -0.05) is 0 Å². The first-order chi connectivity index (χ1) is 8.31. The van der Waals surface area contributed by atoms with Crippen LogP contribution in [0.25, 0.3) is 11.1 Å². The number of benzene rings is 1. The number of oxazole rings is 1. The number of aryl methyl sites for hydroxylation is 2. The average molecular weight is 228 g/mol. The van der Waals surface area contributed by atoms with Gasteiger partial charge in [0.1, 0.15) is 11.3 Å². The molecule has 0 bridgehead atoms. The maximum atomic E-state index is 5.69. The van der Waals surface area contributed by atoms with Crippen molar-refractivity contribution in [2.45, 2.75) is 12.8 Å². The van der Waals surface area contributed by atoms with Crippen LogP contribution in [-0.4, -0.2) is 4.98 Å². The molecule has 0 aliphatic carbocycles. The van der Waals surface area contributed by atoms with Crippen LogP contribution in [0.2, 0.25) is 0 Å². The number of nitrogens with zero attached hydrogens (tertiary/aromatic N) is 1. The number of hydrogen-bond donors (Lipinski definition) is 1. The molecule has 2 heterocycles. The Labute approximate surface area is 98.0 Å². The van der Waals surface area contributed by atoms with Gasteiger partial charge in [-0.3, -0.25) is 0 Å². The van der Waals surface area contributed by atoms with Crippen molar-refractivity contribution in [1.29, 1.82) is 0 Å². The summed E-state index contributed by atoms with van der Waals surface area (Å²) >= 11 is 0. The van der Waals surface area contributed by atoms with Crippen LogP contribution >= 0.6 is 0 Å². The summed E-state index contributed by atoms with van der Waals surface area (Å²) in [7, 11) is 0. The molecular weight excluding hydrogens is 216 g/mol. The Hall–Kier alpha value is -2.23. The minimum atomic E-state index is 0.698. The smallest absolute Gasteiger partial charge is 0.195 e. The Morgan fingerprint density at radius 1 is 1.18 bits per heavy atom. The highest BCUT2D eigenvalue weighted by Gasteiger charge is 2.06.